The SMILES string of the molecule is O=C(Cc1ccccc1)NCCC(=O)NC1CCN(C(=O)c2ccoc2)CC1. The molecule has 1 aromatic heterocycles. The number of piperidine rings is 1. The Labute approximate surface area is 164 Å². The molecule has 3 rings (SSSR count). The number of carbonyl (C=O) groups is 3. The second-order valence-corrected chi connectivity index (χ2v) is 6.91. The maximum absolute atomic E-state index is 12.3. The van der Waals surface area contributed by atoms with E-state index in [1.807, 2.05) is 30.3 Å². The second kappa shape index (κ2) is 9.73. The number of hydrogen-bond donors (Lipinski definition) is 2. The summed E-state index contributed by atoms with van der Waals surface area (Å²) in [6.45, 7) is 1.51. The maximum Gasteiger partial charge on any atom is 0.257 e. The summed E-state index contributed by atoms with van der Waals surface area (Å²) in [6.07, 6.45) is 4.92. The lowest BCUT2D eigenvalue weighted by atomic mass is 10.0. The van der Waals surface area contributed by atoms with Crippen LogP contribution in [0.3, 0.4) is 0 Å². The lowest BCUT2D eigenvalue weighted by Crippen LogP contribution is -2.47. The van der Waals surface area contributed by atoms with Crippen molar-refractivity contribution in [3.05, 3.63) is 60.1 Å². The summed E-state index contributed by atoms with van der Waals surface area (Å²) in [6, 6.07) is 11.2. The molecule has 0 saturated carbocycles. The number of amides is 3. The molecule has 0 unspecified atom stereocenters. The van der Waals surface area contributed by atoms with Gasteiger partial charge in [-0.3, -0.25) is 14.4 Å². The number of rotatable bonds is 7. The molecule has 2 heterocycles. The first-order valence-electron chi connectivity index (χ1n) is 9.53. The molecule has 28 heavy (non-hydrogen) atoms. The number of furan rings is 1. The lowest BCUT2D eigenvalue weighted by molar-refractivity contribution is -0.122. The Hall–Kier alpha value is -3.09. The lowest BCUT2D eigenvalue weighted by Gasteiger charge is -2.32. The molecule has 1 aliphatic heterocycles. The number of nitrogens with one attached hydrogen (secondary N) is 2. The van der Waals surface area contributed by atoms with Crippen LogP contribution in [-0.4, -0.2) is 48.3 Å². The van der Waals surface area contributed by atoms with Crippen LogP contribution in [0, 0.1) is 0 Å². The first-order chi connectivity index (χ1) is 13.6. The van der Waals surface area contributed by atoms with Gasteiger partial charge in [-0.05, 0) is 24.5 Å². The zero-order valence-electron chi connectivity index (χ0n) is 15.7. The summed E-state index contributed by atoms with van der Waals surface area (Å²) in [5.41, 5.74) is 1.50. The Morgan fingerprint density at radius 1 is 1.04 bits per heavy atom. The molecule has 3 amide bonds. The maximum atomic E-state index is 12.3. The topological polar surface area (TPSA) is 91.7 Å². The van der Waals surface area contributed by atoms with E-state index in [-0.39, 0.29) is 30.2 Å². The van der Waals surface area contributed by atoms with Gasteiger partial charge in [-0.25, -0.2) is 0 Å². The average molecular weight is 383 g/mol. The number of nitrogens with zero attached hydrogens (tertiary/aromatic N) is 1. The molecule has 2 aromatic rings. The van der Waals surface area contributed by atoms with E-state index < -0.39 is 0 Å². The largest absolute Gasteiger partial charge is 0.472 e. The average Bonchev–Trinajstić information content (AvgIpc) is 3.23. The van der Waals surface area contributed by atoms with E-state index in [9.17, 15) is 14.4 Å². The van der Waals surface area contributed by atoms with E-state index in [0.29, 0.717) is 31.6 Å². The van der Waals surface area contributed by atoms with Crippen LogP contribution in [0.4, 0.5) is 0 Å². The van der Waals surface area contributed by atoms with Crippen molar-refractivity contribution in [2.75, 3.05) is 19.6 Å². The molecular weight excluding hydrogens is 358 g/mol. The zero-order valence-corrected chi connectivity index (χ0v) is 15.7. The summed E-state index contributed by atoms with van der Waals surface area (Å²) in [7, 11) is 0. The third-order valence-corrected chi connectivity index (χ3v) is 4.80. The Balaban J connectivity index is 1.31. The minimum atomic E-state index is -0.0925. The predicted octanol–water partition coefficient (Wildman–Crippen LogP) is 1.75. The monoisotopic (exact) mass is 383 g/mol. The number of hydrogen-bond acceptors (Lipinski definition) is 4. The van der Waals surface area contributed by atoms with Crippen molar-refractivity contribution in [2.24, 2.45) is 0 Å². The summed E-state index contributed by atoms with van der Waals surface area (Å²) >= 11 is 0. The highest BCUT2D eigenvalue weighted by atomic mass is 16.3. The highest BCUT2D eigenvalue weighted by molar-refractivity contribution is 5.93. The molecule has 7 nitrogen and oxygen atoms in total. The molecular formula is C21H25N3O4. The van der Waals surface area contributed by atoms with Gasteiger partial charge in [-0.15, -0.1) is 0 Å². The van der Waals surface area contributed by atoms with Gasteiger partial charge in [0.2, 0.25) is 11.8 Å². The summed E-state index contributed by atoms with van der Waals surface area (Å²) in [4.78, 5) is 38.0. The second-order valence-electron chi connectivity index (χ2n) is 6.91. The third-order valence-electron chi connectivity index (χ3n) is 4.80. The Morgan fingerprint density at radius 2 is 1.79 bits per heavy atom. The van der Waals surface area contributed by atoms with Crippen molar-refractivity contribution in [1.29, 1.82) is 0 Å². The smallest absolute Gasteiger partial charge is 0.257 e. The van der Waals surface area contributed by atoms with Gasteiger partial charge in [0.15, 0.2) is 0 Å². The Bertz CT molecular complexity index is 781. The van der Waals surface area contributed by atoms with E-state index in [2.05, 4.69) is 10.6 Å². The van der Waals surface area contributed by atoms with Crippen molar-refractivity contribution in [3.63, 3.8) is 0 Å². The fourth-order valence-corrected chi connectivity index (χ4v) is 3.25. The summed E-state index contributed by atoms with van der Waals surface area (Å²) in [5, 5.41) is 5.77. The van der Waals surface area contributed by atoms with E-state index in [1.54, 1.807) is 11.0 Å². The van der Waals surface area contributed by atoms with E-state index in [1.165, 1.54) is 12.5 Å². The van der Waals surface area contributed by atoms with Crippen molar-refractivity contribution in [1.82, 2.24) is 15.5 Å². The minimum absolute atomic E-state index is 0.0420. The van der Waals surface area contributed by atoms with Crippen LogP contribution in [0.2, 0.25) is 0 Å². The Kier molecular flexibility index (Phi) is 6.84. The van der Waals surface area contributed by atoms with Crippen LogP contribution in [0.25, 0.3) is 0 Å². The van der Waals surface area contributed by atoms with E-state index in [0.717, 1.165) is 18.4 Å². The van der Waals surface area contributed by atoms with Crippen molar-refractivity contribution < 1.29 is 18.8 Å². The van der Waals surface area contributed by atoms with Crippen LogP contribution < -0.4 is 10.6 Å². The van der Waals surface area contributed by atoms with Gasteiger partial charge in [0.1, 0.15) is 6.26 Å². The van der Waals surface area contributed by atoms with Gasteiger partial charge in [0, 0.05) is 32.1 Å². The molecule has 1 fully saturated rings. The summed E-state index contributed by atoms with van der Waals surface area (Å²) in [5.74, 6) is -0.218. The highest BCUT2D eigenvalue weighted by Gasteiger charge is 2.24. The molecule has 0 atom stereocenters. The van der Waals surface area contributed by atoms with Gasteiger partial charge in [-0.1, -0.05) is 30.3 Å². The first kappa shape index (κ1) is 19.7. The van der Waals surface area contributed by atoms with Crippen LogP contribution in [0.15, 0.2) is 53.3 Å². The number of benzene rings is 1. The Morgan fingerprint density at radius 3 is 2.46 bits per heavy atom. The molecule has 7 heteroatoms. The first-order valence-corrected chi connectivity index (χ1v) is 9.53. The quantitative estimate of drug-likeness (QED) is 0.762. The molecule has 2 N–H and O–H groups in total. The normalized spacial score (nSPS) is 14.5. The van der Waals surface area contributed by atoms with Crippen LogP contribution >= 0.6 is 0 Å². The van der Waals surface area contributed by atoms with Gasteiger partial charge in [0.05, 0.1) is 18.2 Å². The van der Waals surface area contributed by atoms with E-state index in [4.69, 9.17) is 4.42 Å². The van der Waals surface area contributed by atoms with Gasteiger partial charge >= 0.3 is 0 Å². The fourth-order valence-electron chi connectivity index (χ4n) is 3.25. The molecule has 1 aromatic carbocycles. The van der Waals surface area contributed by atoms with Crippen LogP contribution in [0.1, 0.15) is 35.2 Å². The summed E-state index contributed by atoms with van der Waals surface area (Å²) < 4.78 is 4.95. The van der Waals surface area contributed by atoms with Gasteiger partial charge in [-0.2, -0.15) is 0 Å². The van der Waals surface area contributed by atoms with E-state index >= 15 is 0 Å². The van der Waals surface area contributed by atoms with Crippen LogP contribution in [-0.2, 0) is 16.0 Å². The molecule has 1 aliphatic rings. The van der Waals surface area contributed by atoms with Crippen LogP contribution in [0.5, 0.6) is 0 Å². The molecule has 148 valence electrons. The molecule has 0 radical (unpaired) electrons. The van der Waals surface area contributed by atoms with Crippen molar-refractivity contribution in [2.45, 2.75) is 31.7 Å². The number of likely N-dealkylation sites (tertiary alicyclic amines) is 1. The highest BCUT2D eigenvalue weighted by Crippen LogP contribution is 2.14. The van der Waals surface area contributed by atoms with Crippen molar-refractivity contribution >= 4 is 17.7 Å². The van der Waals surface area contributed by atoms with Crippen molar-refractivity contribution in [3.8, 4) is 0 Å². The molecule has 1 saturated heterocycles. The van der Waals surface area contributed by atoms with Gasteiger partial charge < -0.3 is 20.0 Å². The minimum Gasteiger partial charge on any atom is -0.472 e. The van der Waals surface area contributed by atoms with Gasteiger partial charge in [0.25, 0.3) is 5.91 Å². The fraction of sp³-hybridized carbons (Fsp3) is 0.381. The molecule has 0 aliphatic carbocycles. The standard InChI is InChI=1S/C21H25N3O4/c25-19(6-10-22-20(26)14-16-4-2-1-3-5-16)23-18-7-11-24(12-8-18)21(27)17-9-13-28-15-17/h1-5,9,13,15,18H,6-8,10-12,14H2,(H,22,26)(H,23,25). The predicted molar refractivity (Wildman–Crippen MR) is 104 cm³/mol. The molecule has 0 spiro atoms. The zero-order chi connectivity index (χ0) is 19.8. The number of carbonyl (C=O) groups excluding carboxylic acids is 3. The molecule has 0 bridgehead atoms. The third kappa shape index (κ3) is 5.70.